The number of fused-ring (bicyclic) bond motifs is 3. The fraction of sp³-hybridized carbons (Fsp3) is 0.357. The molecule has 1 atom stereocenters. The lowest BCUT2D eigenvalue weighted by atomic mass is 9.93. The lowest BCUT2D eigenvalue weighted by Gasteiger charge is -2.13. The lowest BCUT2D eigenvalue weighted by Crippen LogP contribution is -2.28. The molecule has 0 radical (unpaired) electrons. The summed E-state index contributed by atoms with van der Waals surface area (Å²) in [4.78, 5) is 15.6. The van der Waals surface area contributed by atoms with Crippen LogP contribution in [0.25, 0.3) is 10.9 Å². The van der Waals surface area contributed by atoms with Gasteiger partial charge in [-0.25, -0.2) is 0 Å². The molecule has 20 heavy (non-hydrogen) atoms. The zero-order chi connectivity index (χ0) is 14.4. The molecule has 1 aromatic heterocycles. The highest BCUT2D eigenvalue weighted by Crippen LogP contribution is 2.42. The normalized spacial score (nSPS) is 18.8. The highest BCUT2D eigenvalue weighted by atomic mass is 79.9. The first kappa shape index (κ1) is 14.2. The molecule has 1 unspecified atom stereocenters. The van der Waals surface area contributed by atoms with E-state index in [-0.39, 0.29) is 11.8 Å². The molecule has 0 bridgehead atoms. The molecular weight excluding hydrogens is 363 g/mol. The third kappa shape index (κ3) is 2.05. The Bertz CT molecular complexity index is 711. The number of rotatable bonds is 1. The molecule has 1 aliphatic heterocycles. The van der Waals surface area contributed by atoms with Gasteiger partial charge in [0.2, 0.25) is 5.91 Å². The van der Waals surface area contributed by atoms with Crippen LogP contribution in [0.15, 0.2) is 10.5 Å². The molecule has 0 saturated heterocycles. The molecule has 0 fully saturated rings. The minimum absolute atomic E-state index is 0.0742. The van der Waals surface area contributed by atoms with Gasteiger partial charge in [-0.05, 0) is 18.1 Å². The van der Waals surface area contributed by atoms with Crippen LogP contribution < -0.4 is 5.32 Å². The van der Waals surface area contributed by atoms with E-state index in [1.807, 2.05) is 6.92 Å². The molecule has 3 nitrogen and oxygen atoms in total. The van der Waals surface area contributed by atoms with E-state index in [0.29, 0.717) is 16.6 Å². The smallest absolute Gasteiger partial charge is 0.227 e. The molecule has 1 aliphatic rings. The average molecular weight is 376 g/mol. The van der Waals surface area contributed by atoms with Crippen LogP contribution in [0.1, 0.15) is 30.5 Å². The van der Waals surface area contributed by atoms with E-state index in [4.69, 9.17) is 23.2 Å². The molecule has 6 heteroatoms. The molecule has 2 aromatic rings. The molecular formula is C14H13BrCl2N2O. The third-order valence-corrected chi connectivity index (χ3v) is 5.20. The lowest BCUT2D eigenvalue weighted by molar-refractivity contribution is -0.122. The van der Waals surface area contributed by atoms with Crippen LogP contribution in [0.3, 0.4) is 0 Å². The van der Waals surface area contributed by atoms with Gasteiger partial charge in [-0.15, -0.1) is 0 Å². The number of aromatic nitrogens is 1. The first-order valence-electron chi connectivity index (χ1n) is 6.50. The van der Waals surface area contributed by atoms with E-state index in [1.54, 1.807) is 6.07 Å². The largest absolute Gasteiger partial charge is 0.357 e. The highest BCUT2D eigenvalue weighted by molar-refractivity contribution is 9.10. The second-order valence-corrected chi connectivity index (χ2v) is 6.56. The average Bonchev–Trinajstić information content (AvgIpc) is 2.70. The summed E-state index contributed by atoms with van der Waals surface area (Å²) in [5, 5.41) is 4.93. The summed E-state index contributed by atoms with van der Waals surface area (Å²) in [6, 6.07) is 1.79. The number of carbonyl (C=O) groups is 1. The minimum atomic E-state index is -0.158. The Balaban J connectivity index is 2.38. The number of carbonyl (C=O) groups excluding carboxylic acids is 1. The Labute approximate surface area is 135 Å². The topological polar surface area (TPSA) is 44.9 Å². The van der Waals surface area contributed by atoms with E-state index in [0.717, 1.165) is 39.5 Å². The van der Waals surface area contributed by atoms with Crippen LogP contribution in [-0.4, -0.2) is 17.4 Å². The van der Waals surface area contributed by atoms with Gasteiger partial charge in [-0.2, -0.15) is 0 Å². The summed E-state index contributed by atoms with van der Waals surface area (Å²) in [5.41, 5.74) is 2.92. The van der Waals surface area contributed by atoms with E-state index in [1.165, 1.54) is 0 Å². The summed E-state index contributed by atoms with van der Waals surface area (Å²) in [5.74, 6) is -0.0834. The standard InChI is InChI=1S/C14H13BrCl2N2O/c1-2-6-10-9(3-4-18-14(6)20)19-13-11(10)7(15)5-8(16)12(13)17/h5-6,19H,2-4H2,1H3,(H,18,20). The van der Waals surface area contributed by atoms with Crippen molar-refractivity contribution in [1.82, 2.24) is 10.3 Å². The molecule has 1 amide bonds. The van der Waals surface area contributed by atoms with Crippen LogP contribution in [0.5, 0.6) is 0 Å². The van der Waals surface area contributed by atoms with Crippen LogP contribution in [0.2, 0.25) is 10.0 Å². The van der Waals surface area contributed by atoms with Gasteiger partial charge in [0.05, 0.1) is 21.5 Å². The first-order valence-corrected chi connectivity index (χ1v) is 8.05. The van der Waals surface area contributed by atoms with E-state index in [2.05, 4.69) is 26.2 Å². The molecule has 106 valence electrons. The molecule has 1 aromatic carbocycles. The fourth-order valence-corrected chi connectivity index (χ4v) is 4.05. The predicted octanol–water partition coefficient (Wildman–Crippen LogP) is 4.40. The zero-order valence-corrected chi connectivity index (χ0v) is 13.9. The number of aromatic amines is 1. The summed E-state index contributed by atoms with van der Waals surface area (Å²) in [6.45, 7) is 2.65. The van der Waals surface area contributed by atoms with Crippen LogP contribution in [0, 0.1) is 0 Å². The molecule has 0 spiro atoms. The van der Waals surface area contributed by atoms with Crippen molar-refractivity contribution in [3.05, 3.63) is 31.8 Å². The quantitative estimate of drug-likeness (QED) is 0.712. The van der Waals surface area contributed by atoms with Crippen molar-refractivity contribution in [3.8, 4) is 0 Å². The third-order valence-electron chi connectivity index (χ3n) is 3.79. The Hall–Kier alpha value is -0.710. The van der Waals surface area contributed by atoms with E-state index < -0.39 is 0 Å². The number of hydrogen-bond acceptors (Lipinski definition) is 1. The van der Waals surface area contributed by atoms with Crippen molar-refractivity contribution in [2.75, 3.05) is 6.54 Å². The summed E-state index contributed by atoms with van der Waals surface area (Å²) >= 11 is 16.0. The van der Waals surface area contributed by atoms with Gasteiger partial charge in [0, 0.05) is 28.5 Å². The molecule has 2 heterocycles. The first-order chi connectivity index (χ1) is 9.54. The molecule has 0 saturated carbocycles. The van der Waals surface area contributed by atoms with Crippen molar-refractivity contribution in [2.45, 2.75) is 25.7 Å². The summed E-state index contributed by atoms with van der Waals surface area (Å²) in [6.07, 6.45) is 1.52. The highest BCUT2D eigenvalue weighted by Gasteiger charge is 2.29. The van der Waals surface area contributed by atoms with Crippen LogP contribution >= 0.6 is 39.1 Å². The Morgan fingerprint density at radius 3 is 2.90 bits per heavy atom. The number of amides is 1. The summed E-state index contributed by atoms with van der Waals surface area (Å²) < 4.78 is 0.868. The maximum absolute atomic E-state index is 12.2. The van der Waals surface area contributed by atoms with E-state index >= 15 is 0 Å². The number of nitrogens with one attached hydrogen (secondary N) is 2. The van der Waals surface area contributed by atoms with Crippen molar-refractivity contribution in [2.24, 2.45) is 0 Å². The van der Waals surface area contributed by atoms with Gasteiger partial charge in [-0.3, -0.25) is 4.79 Å². The van der Waals surface area contributed by atoms with Gasteiger partial charge in [0.25, 0.3) is 0 Å². The monoisotopic (exact) mass is 374 g/mol. The Kier molecular flexibility index (Phi) is 3.73. The minimum Gasteiger partial charge on any atom is -0.357 e. The van der Waals surface area contributed by atoms with Crippen molar-refractivity contribution < 1.29 is 4.79 Å². The van der Waals surface area contributed by atoms with Crippen molar-refractivity contribution in [3.63, 3.8) is 0 Å². The van der Waals surface area contributed by atoms with Crippen LogP contribution in [0.4, 0.5) is 0 Å². The fourth-order valence-electron chi connectivity index (χ4n) is 2.88. The molecule has 2 N–H and O–H groups in total. The maximum Gasteiger partial charge on any atom is 0.227 e. The van der Waals surface area contributed by atoms with Gasteiger partial charge in [-0.1, -0.05) is 46.1 Å². The Morgan fingerprint density at radius 2 is 2.20 bits per heavy atom. The predicted molar refractivity (Wildman–Crippen MR) is 85.8 cm³/mol. The van der Waals surface area contributed by atoms with Gasteiger partial charge < -0.3 is 10.3 Å². The zero-order valence-electron chi connectivity index (χ0n) is 10.8. The summed E-state index contributed by atoms with van der Waals surface area (Å²) in [7, 11) is 0. The van der Waals surface area contributed by atoms with Gasteiger partial charge in [0.15, 0.2) is 0 Å². The number of hydrogen-bond donors (Lipinski definition) is 2. The van der Waals surface area contributed by atoms with Crippen LogP contribution in [-0.2, 0) is 11.2 Å². The maximum atomic E-state index is 12.2. The van der Waals surface area contributed by atoms with E-state index in [9.17, 15) is 4.79 Å². The van der Waals surface area contributed by atoms with Crippen molar-refractivity contribution in [1.29, 1.82) is 0 Å². The number of H-pyrrole nitrogens is 1. The van der Waals surface area contributed by atoms with Gasteiger partial charge in [0.1, 0.15) is 0 Å². The number of benzene rings is 1. The molecule has 0 aliphatic carbocycles. The van der Waals surface area contributed by atoms with Crippen molar-refractivity contribution >= 4 is 55.9 Å². The Morgan fingerprint density at radius 1 is 1.45 bits per heavy atom. The molecule has 3 rings (SSSR count). The SMILES string of the molecule is CCC1C(=O)NCCc2[nH]c3c(Cl)c(Cl)cc(Br)c3c21. The number of halogens is 3. The second-order valence-electron chi connectivity index (χ2n) is 4.92. The van der Waals surface area contributed by atoms with Gasteiger partial charge >= 0.3 is 0 Å². The second kappa shape index (κ2) is 5.24.